The highest BCUT2D eigenvalue weighted by atomic mass is 19.1. The molecule has 0 spiro atoms. The largest absolute Gasteiger partial charge is 0.505 e. The Labute approximate surface area is 120 Å². The van der Waals surface area contributed by atoms with Crippen molar-refractivity contribution in [3.8, 4) is 17.6 Å². The first-order valence-corrected chi connectivity index (χ1v) is 5.95. The first-order valence-electron chi connectivity index (χ1n) is 5.95. The maximum atomic E-state index is 13.5. The Kier molecular flexibility index (Phi) is 4.49. The van der Waals surface area contributed by atoms with Gasteiger partial charge in [0, 0.05) is 11.9 Å². The highest BCUT2D eigenvalue weighted by molar-refractivity contribution is 6.06. The molecule has 1 heterocycles. The molecule has 0 radical (unpaired) electrons. The summed E-state index contributed by atoms with van der Waals surface area (Å²) in [4.78, 5) is 15.6. The molecule has 0 unspecified atom stereocenters. The average molecular weight is 286 g/mol. The van der Waals surface area contributed by atoms with Crippen LogP contribution in [0, 0.1) is 17.7 Å². The van der Waals surface area contributed by atoms with Crippen LogP contribution in [-0.2, 0) is 0 Å². The molecule has 0 saturated heterocycles. The van der Waals surface area contributed by atoms with E-state index in [0.717, 1.165) is 12.3 Å². The van der Waals surface area contributed by atoms with Gasteiger partial charge in [-0.25, -0.2) is 4.39 Å². The summed E-state index contributed by atoms with van der Waals surface area (Å²) in [5.41, 5.74) is 0.429. The molecule has 0 bridgehead atoms. The number of aromatic nitrogens is 1. The third kappa shape index (κ3) is 3.55. The predicted molar refractivity (Wildman–Crippen MR) is 74.2 cm³/mol. The van der Waals surface area contributed by atoms with Crippen molar-refractivity contribution in [3.63, 3.8) is 0 Å². The monoisotopic (exact) mass is 286 g/mol. The van der Waals surface area contributed by atoms with Crippen molar-refractivity contribution in [3.05, 3.63) is 53.6 Å². The molecule has 5 nitrogen and oxygen atoms in total. The van der Waals surface area contributed by atoms with Crippen LogP contribution in [0.5, 0.6) is 5.75 Å². The lowest BCUT2D eigenvalue weighted by Crippen LogP contribution is -2.12. The van der Waals surface area contributed by atoms with Crippen LogP contribution >= 0.6 is 0 Å². The molecule has 21 heavy (non-hydrogen) atoms. The summed E-state index contributed by atoms with van der Waals surface area (Å²) in [6.07, 6.45) is 2.52. The lowest BCUT2D eigenvalue weighted by atomic mass is 10.1. The SMILES string of the molecule is O=C(Nc1ccc(F)c(C#CCO)c1)c1ccncc1O. The molecule has 1 aromatic heterocycles. The minimum atomic E-state index is -0.555. The van der Waals surface area contributed by atoms with E-state index in [1.54, 1.807) is 0 Å². The van der Waals surface area contributed by atoms with Gasteiger partial charge in [-0.1, -0.05) is 11.8 Å². The third-order valence-corrected chi connectivity index (χ3v) is 2.57. The number of aromatic hydroxyl groups is 1. The zero-order valence-corrected chi connectivity index (χ0v) is 10.8. The number of aliphatic hydroxyl groups is 1. The molecule has 1 amide bonds. The number of anilines is 1. The van der Waals surface area contributed by atoms with Crippen molar-refractivity contribution in [1.82, 2.24) is 4.98 Å². The number of halogens is 1. The summed E-state index contributed by atoms with van der Waals surface area (Å²) in [7, 11) is 0. The molecule has 3 N–H and O–H groups in total. The Hall–Kier alpha value is -2.91. The molecule has 0 saturated carbocycles. The van der Waals surface area contributed by atoms with Crippen molar-refractivity contribution >= 4 is 11.6 Å². The van der Waals surface area contributed by atoms with E-state index < -0.39 is 11.7 Å². The van der Waals surface area contributed by atoms with Gasteiger partial charge in [-0.15, -0.1) is 0 Å². The normalized spacial score (nSPS) is 9.62. The quantitative estimate of drug-likeness (QED) is 0.731. The fraction of sp³-hybridized carbons (Fsp3) is 0.0667. The second-order valence-corrected chi connectivity index (χ2v) is 4.00. The van der Waals surface area contributed by atoms with E-state index in [1.165, 1.54) is 24.4 Å². The summed E-state index contributed by atoms with van der Waals surface area (Å²) in [5.74, 6) is 3.41. The molecule has 0 aliphatic carbocycles. The minimum absolute atomic E-state index is 0.0531. The maximum absolute atomic E-state index is 13.5. The molecule has 0 aliphatic heterocycles. The summed E-state index contributed by atoms with van der Waals surface area (Å²) >= 11 is 0. The fourth-order valence-electron chi connectivity index (χ4n) is 1.61. The van der Waals surface area contributed by atoms with Gasteiger partial charge in [-0.3, -0.25) is 9.78 Å². The van der Waals surface area contributed by atoms with Crippen LogP contribution in [0.4, 0.5) is 10.1 Å². The molecular weight excluding hydrogens is 275 g/mol. The van der Waals surface area contributed by atoms with Crippen molar-refractivity contribution in [2.45, 2.75) is 0 Å². The average Bonchev–Trinajstić information content (AvgIpc) is 2.48. The standard InChI is InChI=1S/C15H11FN2O3/c16-13-4-3-11(8-10(13)2-1-7-19)18-15(21)12-5-6-17-9-14(12)20/h3-6,8-9,19-20H,7H2,(H,18,21). The first kappa shape index (κ1) is 14.5. The van der Waals surface area contributed by atoms with E-state index in [4.69, 9.17) is 5.11 Å². The van der Waals surface area contributed by atoms with Crippen LogP contribution in [0.3, 0.4) is 0 Å². The lowest BCUT2D eigenvalue weighted by molar-refractivity contribution is 0.102. The Morgan fingerprint density at radius 1 is 1.38 bits per heavy atom. The Morgan fingerprint density at radius 3 is 2.90 bits per heavy atom. The van der Waals surface area contributed by atoms with Gasteiger partial charge in [0.25, 0.3) is 5.91 Å². The highest BCUT2D eigenvalue weighted by Gasteiger charge is 2.11. The number of amides is 1. The number of carbonyl (C=O) groups is 1. The number of nitrogens with zero attached hydrogens (tertiary/aromatic N) is 1. The third-order valence-electron chi connectivity index (χ3n) is 2.57. The van der Waals surface area contributed by atoms with Crippen LogP contribution in [-0.4, -0.2) is 27.7 Å². The number of hydrogen-bond acceptors (Lipinski definition) is 4. The number of benzene rings is 1. The number of rotatable bonds is 2. The van der Waals surface area contributed by atoms with Crippen LogP contribution in [0.15, 0.2) is 36.7 Å². The van der Waals surface area contributed by atoms with Gasteiger partial charge >= 0.3 is 0 Å². The second-order valence-electron chi connectivity index (χ2n) is 4.00. The summed E-state index contributed by atoms with van der Waals surface area (Å²) < 4.78 is 13.5. The molecule has 1 aromatic carbocycles. The van der Waals surface area contributed by atoms with Crippen LogP contribution < -0.4 is 5.32 Å². The highest BCUT2D eigenvalue weighted by Crippen LogP contribution is 2.18. The minimum Gasteiger partial charge on any atom is -0.505 e. The number of carbonyl (C=O) groups excluding carboxylic acids is 1. The molecule has 0 aliphatic rings. The van der Waals surface area contributed by atoms with Gasteiger partial charge in [0.15, 0.2) is 0 Å². The second kappa shape index (κ2) is 6.50. The number of hydrogen-bond donors (Lipinski definition) is 3. The van der Waals surface area contributed by atoms with Gasteiger partial charge < -0.3 is 15.5 Å². The van der Waals surface area contributed by atoms with Crippen LogP contribution in [0.2, 0.25) is 0 Å². The molecule has 106 valence electrons. The molecular formula is C15H11FN2O3. The van der Waals surface area contributed by atoms with E-state index in [2.05, 4.69) is 22.1 Å². The predicted octanol–water partition coefficient (Wildman–Crippen LogP) is 1.52. The van der Waals surface area contributed by atoms with Crippen molar-refractivity contribution in [2.75, 3.05) is 11.9 Å². The zero-order valence-electron chi connectivity index (χ0n) is 10.8. The van der Waals surface area contributed by atoms with E-state index >= 15 is 0 Å². The Balaban J connectivity index is 2.24. The molecule has 2 aromatic rings. The molecule has 0 atom stereocenters. The van der Waals surface area contributed by atoms with Gasteiger partial charge in [-0.2, -0.15) is 0 Å². The Morgan fingerprint density at radius 2 is 2.19 bits per heavy atom. The van der Waals surface area contributed by atoms with Crippen molar-refractivity contribution in [1.29, 1.82) is 0 Å². The van der Waals surface area contributed by atoms with Crippen molar-refractivity contribution in [2.24, 2.45) is 0 Å². The molecule has 6 heteroatoms. The topological polar surface area (TPSA) is 82.5 Å². The maximum Gasteiger partial charge on any atom is 0.259 e. The van der Waals surface area contributed by atoms with Gasteiger partial charge in [-0.05, 0) is 24.3 Å². The summed E-state index contributed by atoms with van der Waals surface area (Å²) in [6.45, 7) is -0.388. The number of pyridine rings is 1. The first-order chi connectivity index (χ1) is 10.1. The van der Waals surface area contributed by atoms with E-state index in [0.29, 0.717) is 5.69 Å². The molecule has 0 fully saturated rings. The van der Waals surface area contributed by atoms with Gasteiger partial charge in [0.05, 0.1) is 17.3 Å². The fourth-order valence-corrected chi connectivity index (χ4v) is 1.61. The van der Waals surface area contributed by atoms with E-state index in [9.17, 15) is 14.3 Å². The van der Waals surface area contributed by atoms with Crippen LogP contribution in [0.25, 0.3) is 0 Å². The zero-order chi connectivity index (χ0) is 15.2. The van der Waals surface area contributed by atoms with Gasteiger partial charge in [0.1, 0.15) is 18.2 Å². The number of aliphatic hydroxyl groups excluding tert-OH is 1. The van der Waals surface area contributed by atoms with E-state index in [1.807, 2.05) is 0 Å². The van der Waals surface area contributed by atoms with Crippen molar-refractivity contribution < 1.29 is 19.4 Å². The number of nitrogens with one attached hydrogen (secondary N) is 1. The van der Waals surface area contributed by atoms with E-state index in [-0.39, 0.29) is 23.5 Å². The van der Waals surface area contributed by atoms with Gasteiger partial charge in [0.2, 0.25) is 0 Å². The lowest BCUT2D eigenvalue weighted by Gasteiger charge is -2.07. The molecule has 2 rings (SSSR count). The Bertz CT molecular complexity index is 735. The summed E-state index contributed by atoms with van der Waals surface area (Å²) in [6, 6.07) is 5.23. The smallest absolute Gasteiger partial charge is 0.259 e. The summed E-state index contributed by atoms with van der Waals surface area (Å²) in [5, 5.41) is 20.7. The van der Waals surface area contributed by atoms with Crippen LogP contribution in [0.1, 0.15) is 15.9 Å².